The minimum atomic E-state index is -0.234. The highest BCUT2D eigenvalue weighted by atomic mass is 35.5. The SMILES string of the molecule is CC(=CCl)Oc1cc(N2C(=O)C3=C(CCCC3)C2=O)ccc1Cl. The van der Waals surface area contributed by atoms with E-state index in [1.54, 1.807) is 25.1 Å². The number of allylic oxidation sites excluding steroid dienone is 1. The van der Waals surface area contributed by atoms with E-state index in [1.165, 1.54) is 10.4 Å². The predicted molar refractivity (Wildman–Crippen MR) is 89.7 cm³/mol. The van der Waals surface area contributed by atoms with E-state index in [1.807, 2.05) is 0 Å². The standard InChI is InChI=1S/C17H15Cl2NO3/c1-10(9-18)23-15-8-11(6-7-14(15)19)20-16(21)12-4-2-3-5-13(12)17(20)22/h6-9H,2-5H2,1H3. The molecule has 0 saturated carbocycles. The van der Waals surface area contributed by atoms with Crippen molar-refractivity contribution in [1.82, 2.24) is 0 Å². The lowest BCUT2D eigenvalue weighted by molar-refractivity contribution is -0.120. The number of carbonyl (C=O) groups is 2. The van der Waals surface area contributed by atoms with Crippen molar-refractivity contribution in [1.29, 1.82) is 0 Å². The Hall–Kier alpha value is -1.78. The van der Waals surface area contributed by atoms with Crippen molar-refractivity contribution in [3.05, 3.63) is 45.7 Å². The van der Waals surface area contributed by atoms with Crippen LogP contribution in [0, 0.1) is 0 Å². The zero-order chi connectivity index (χ0) is 16.6. The van der Waals surface area contributed by atoms with Crippen molar-refractivity contribution in [2.75, 3.05) is 4.90 Å². The summed E-state index contributed by atoms with van der Waals surface area (Å²) in [7, 11) is 0. The van der Waals surface area contributed by atoms with Gasteiger partial charge in [0.1, 0.15) is 11.5 Å². The van der Waals surface area contributed by atoms with Crippen LogP contribution in [-0.4, -0.2) is 11.8 Å². The van der Waals surface area contributed by atoms with Gasteiger partial charge in [-0.2, -0.15) is 0 Å². The van der Waals surface area contributed by atoms with E-state index < -0.39 is 0 Å². The van der Waals surface area contributed by atoms with Gasteiger partial charge in [0.2, 0.25) is 0 Å². The molecule has 4 nitrogen and oxygen atoms in total. The molecule has 1 aliphatic heterocycles. The summed E-state index contributed by atoms with van der Waals surface area (Å²) in [6.07, 6.45) is 3.23. The second kappa shape index (κ2) is 6.38. The number of nitrogens with zero attached hydrogens (tertiary/aromatic N) is 1. The van der Waals surface area contributed by atoms with E-state index in [-0.39, 0.29) is 11.8 Å². The molecule has 0 aromatic heterocycles. The third kappa shape index (κ3) is 2.89. The molecule has 0 radical (unpaired) electrons. The van der Waals surface area contributed by atoms with Gasteiger partial charge in [-0.1, -0.05) is 23.2 Å². The van der Waals surface area contributed by atoms with Crippen molar-refractivity contribution < 1.29 is 14.3 Å². The normalized spacial score (nSPS) is 18.6. The minimum Gasteiger partial charge on any atom is -0.459 e. The average Bonchev–Trinajstić information content (AvgIpc) is 2.81. The molecule has 2 amide bonds. The molecule has 1 aromatic rings. The molecule has 0 unspecified atom stereocenters. The number of ether oxygens (including phenoxy) is 1. The molecule has 1 aromatic carbocycles. The first-order valence-electron chi connectivity index (χ1n) is 7.38. The molecule has 1 aliphatic carbocycles. The average molecular weight is 352 g/mol. The molecule has 0 fully saturated rings. The highest BCUT2D eigenvalue weighted by Gasteiger charge is 2.39. The van der Waals surface area contributed by atoms with Gasteiger partial charge in [-0.15, -0.1) is 0 Å². The maximum absolute atomic E-state index is 12.6. The van der Waals surface area contributed by atoms with Crippen LogP contribution in [0.1, 0.15) is 32.6 Å². The van der Waals surface area contributed by atoms with E-state index in [9.17, 15) is 9.59 Å². The molecule has 0 spiro atoms. The van der Waals surface area contributed by atoms with Crippen molar-refractivity contribution >= 4 is 40.7 Å². The number of benzene rings is 1. The van der Waals surface area contributed by atoms with Crippen molar-refractivity contribution in [2.24, 2.45) is 0 Å². The maximum atomic E-state index is 12.6. The van der Waals surface area contributed by atoms with Crippen LogP contribution >= 0.6 is 23.2 Å². The lowest BCUT2D eigenvalue weighted by Crippen LogP contribution is -2.31. The number of hydrogen-bond acceptors (Lipinski definition) is 3. The number of hydrogen-bond donors (Lipinski definition) is 0. The lowest BCUT2D eigenvalue weighted by Gasteiger charge is -2.17. The van der Waals surface area contributed by atoms with Crippen LogP contribution in [-0.2, 0) is 9.59 Å². The Morgan fingerprint density at radius 3 is 2.35 bits per heavy atom. The molecular formula is C17H15Cl2NO3. The molecule has 2 aliphatic rings. The highest BCUT2D eigenvalue weighted by molar-refractivity contribution is 6.34. The smallest absolute Gasteiger partial charge is 0.261 e. The zero-order valence-electron chi connectivity index (χ0n) is 12.6. The van der Waals surface area contributed by atoms with Crippen LogP contribution in [0.4, 0.5) is 5.69 Å². The van der Waals surface area contributed by atoms with Crippen LogP contribution in [0.25, 0.3) is 0 Å². The van der Waals surface area contributed by atoms with E-state index in [0.29, 0.717) is 46.2 Å². The molecule has 6 heteroatoms. The lowest BCUT2D eigenvalue weighted by atomic mass is 9.93. The zero-order valence-corrected chi connectivity index (χ0v) is 14.1. The first-order chi connectivity index (χ1) is 11.0. The summed E-state index contributed by atoms with van der Waals surface area (Å²) in [6.45, 7) is 1.68. The summed E-state index contributed by atoms with van der Waals surface area (Å²) in [5, 5.41) is 0.378. The Bertz CT molecular complexity index is 724. The van der Waals surface area contributed by atoms with Gasteiger partial charge in [-0.05, 0) is 44.7 Å². The summed E-state index contributed by atoms with van der Waals surface area (Å²) in [5.41, 5.74) is 3.04. The Kier molecular flexibility index (Phi) is 4.46. The fourth-order valence-corrected chi connectivity index (χ4v) is 3.08. The maximum Gasteiger partial charge on any atom is 0.261 e. The van der Waals surface area contributed by atoms with E-state index >= 15 is 0 Å². The quantitative estimate of drug-likeness (QED) is 0.592. The number of carbonyl (C=O) groups excluding carboxylic acids is 2. The summed E-state index contributed by atoms with van der Waals surface area (Å²) in [6, 6.07) is 4.83. The summed E-state index contributed by atoms with van der Waals surface area (Å²) in [4.78, 5) is 26.3. The molecular weight excluding hydrogens is 337 g/mol. The van der Waals surface area contributed by atoms with Crippen LogP contribution in [0.15, 0.2) is 40.6 Å². The van der Waals surface area contributed by atoms with Gasteiger partial charge in [-0.3, -0.25) is 9.59 Å². The Morgan fingerprint density at radius 2 is 1.78 bits per heavy atom. The number of halogens is 2. The molecule has 3 rings (SSSR count). The molecule has 0 bridgehead atoms. The third-order valence-electron chi connectivity index (χ3n) is 3.99. The molecule has 0 saturated heterocycles. The molecule has 0 N–H and O–H groups in total. The monoisotopic (exact) mass is 351 g/mol. The van der Waals surface area contributed by atoms with E-state index in [2.05, 4.69) is 0 Å². The summed E-state index contributed by atoms with van der Waals surface area (Å²) in [5.74, 6) is 0.344. The van der Waals surface area contributed by atoms with Gasteiger partial charge < -0.3 is 4.74 Å². The van der Waals surface area contributed by atoms with Crippen LogP contribution in [0.5, 0.6) is 5.75 Å². The van der Waals surface area contributed by atoms with Crippen LogP contribution in [0.2, 0.25) is 5.02 Å². The number of anilines is 1. The molecule has 0 atom stereocenters. The largest absolute Gasteiger partial charge is 0.459 e. The van der Waals surface area contributed by atoms with Gasteiger partial charge in [0.25, 0.3) is 11.8 Å². The molecule has 23 heavy (non-hydrogen) atoms. The van der Waals surface area contributed by atoms with Gasteiger partial charge in [0.05, 0.1) is 10.7 Å². The van der Waals surface area contributed by atoms with Crippen molar-refractivity contribution in [3.63, 3.8) is 0 Å². The van der Waals surface area contributed by atoms with Crippen molar-refractivity contribution in [2.45, 2.75) is 32.6 Å². The van der Waals surface area contributed by atoms with Crippen LogP contribution in [0.3, 0.4) is 0 Å². The fraction of sp³-hybridized carbons (Fsp3) is 0.294. The molecule has 1 heterocycles. The number of rotatable bonds is 3. The first kappa shape index (κ1) is 16.1. The number of amides is 2. The fourth-order valence-electron chi connectivity index (χ4n) is 2.88. The Morgan fingerprint density at radius 1 is 1.17 bits per heavy atom. The second-order valence-corrected chi connectivity index (χ2v) is 6.17. The van der Waals surface area contributed by atoms with Crippen molar-refractivity contribution in [3.8, 4) is 5.75 Å². The predicted octanol–water partition coefficient (Wildman–Crippen LogP) is 4.56. The van der Waals surface area contributed by atoms with Gasteiger partial charge >= 0.3 is 0 Å². The summed E-state index contributed by atoms with van der Waals surface area (Å²) >= 11 is 11.7. The second-order valence-electron chi connectivity index (χ2n) is 5.55. The van der Waals surface area contributed by atoms with E-state index in [4.69, 9.17) is 27.9 Å². The Labute approximate surface area is 144 Å². The summed E-state index contributed by atoms with van der Waals surface area (Å²) < 4.78 is 5.52. The number of imide groups is 1. The van der Waals surface area contributed by atoms with Gasteiger partial charge in [0, 0.05) is 22.7 Å². The van der Waals surface area contributed by atoms with Gasteiger partial charge in [-0.25, -0.2) is 4.90 Å². The third-order valence-corrected chi connectivity index (χ3v) is 4.61. The minimum absolute atomic E-state index is 0.234. The van der Waals surface area contributed by atoms with Gasteiger partial charge in [0.15, 0.2) is 0 Å². The topological polar surface area (TPSA) is 46.6 Å². The van der Waals surface area contributed by atoms with Crippen LogP contribution < -0.4 is 9.64 Å². The highest BCUT2D eigenvalue weighted by Crippen LogP contribution is 2.38. The molecule has 120 valence electrons. The first-order valence-corrected chi connectivity index (χ1v) is 8.19. The van der Waals surface area contributed by atoms with E-state index in [0.717, 1.165) is 12.8 Å². The Balaban J connectivity index is 1.95.